The van der Waals surface area contributed by atoms with E-state index in [0.717, 1.165) is 25.0 Å². The van der Waals surface area contributed by atoms with Crippen LogP contribution in [0.25, 0.3) is 0 Å². The van der Waals surface area contributed by atoms with E-state index in [1.807, 2.05) is 0 Å². The highest BCUT2D eigenvalue weighted by atomic mass is 19.1. The van der Waals surface area contributed by atoms with E-state index in [-0.39, 0.29) is 17.3 Å². The van der Waals surface area contributed by atoms with Gasteiger partial charge in [0.2, 0.25) is 0 Å². The molecule has 3 N–H and O–H groups in total. The topological polar surface area (TPSA) is 87.7 Å². The fourth-order valence-corrected chi connectivity index (χ4v) is 2.00. The average molecular weight is 282 g/mol. The molecule has 1 aromatic carbocycles. The first kappa shape index (κ1) is 14.3. The quantitative estimate of drug-likeness (QED) is 0.789. The highest BCUT2D eigenvalue weighted by molar-refractivity contribution is 6.00. The number of carboxylic acids is 1. The minimum atomic E-state index is -1.30. The first-order valence-corrected chi connectivity index (χ1v) is 6.24. The molecule has 1 atom stereocenters. The molecule has 2 amide bonds. The highest BCUT2D eigenvalue weighted by Crippen LogP contribution is 2.17. The summed E-state index contributed by atoms with van der Waals surface area (Å²) in [5, 5.41) is 14.1. The van der Waals surface area contributed by atoms with E-state index in [1.54, 1.807) is 0 Å². The molecule has 108 valence electrons. The lowest BCUT2D eigenvalue weighted by molar-refractivity contribution is 0.0697. The summed E-state index contributed by atoms with van der Waals surface area (Å²) < 4.78 is 18.2. The van der Waals surface area contributed by atoms with E-state index in [9.17, 15) is 14.0 Å². The van der Waals surface area contributed by atoms with Gasteiger partial charge in [-0.15, -0.1) is 0 Å². The summed E-state index contributed by atoms with van der Waals surface area (Å²) >= 11 is 0. The Balaban J connectivity index is 2.01. The van der Waals surface area contributed by atoms with Gasteiger partial charge in [-0.25, -0.2) is 14.0 Å². The molecule has 20 heavy (non-hydrogen) atoms. The fourth-order valence-electron chi connectivity index (χ4n) is 2.00. The van der Waals surface area contributed by atoms with Crippen molar-refractivity contribution < 1.29 is 23.8 Å². The maximum absolute atomic E-state index is 13.0. The van der Waals surface area contributed by atoms with Crippen LogP contribution in [0.15, 0.2) is 18.2 Å². The van der Waals surface area contributed by atoms with E-state index >= 15 is 0 Å². The van der Waals surface area contributed by atoms with Crippen molar-refractivity contribution in [2.45, 2.75) is 18.9 Å². The van der Waals surface area contributed by atoms with Crippen LogP contribution >= 0.6 is 0 Å². The molecule has 0 aliphatic carbocycles. The average Bonchev–Trinajstić information content (AvgIpc) is 2.41. The van der Waals surface area contributed by atoms with Gasteiger partial charge in [0, 0.05) is 6.61 Å². The van der Waals surface area contributed by atoms with Crippen LogP contribution in [0.4, 0.5) is 14.9 Å². The van der Waals surface area contributed by atoms with Gasteiger partial charge < -0.3 is 20.5 Å². The number of carbonyl (C=O) groups excluding carboxylic acids is 1. The lowest BCUT2D eigenvalue weighted by Gasteiger charge is -2.23. The lowest BCUT2D eigenvalue weighted by Crippen LogP contribution is -2.42. The first-order chi connectivity index (χ1) is 9.56. The van der Waals surface area contributed by atoms with Crippen LogP contribution in [-0.4, -0.2) is 36.4 Å². The van der Waals surface area contributed by atoms with Crippen molar-refractivity contribution in [3.05, 3.63) is 29.6 Å². The van der Waals surface area contributed by atoms with Crippen molar-refractivity contribution in [1.82, 2.24) is 5.32 Å². The number of nitrogens with one attached hydrogen (secondary N) is 2. The van der Waals surface area contributed by atoms with Crippen LogP contribution in [0, 0.1) is 5.82 Å². The molecule has 1 unspecified atom stereocenters. The van der Waals surface area contributed by atoms with Gasteiger partial charge >= 0.3 is 12.0 Å². The Morgan fingerprint density at radius 2 is 2.20 bits per heavy atom. The third-order valence-corrected chi connectivity index (χ3v) is 2.96. The smallest absolute Gasteiger partial charge is 0.337 e. The second kappa shape index (κ2) is 6.33. The molecule has 0 radical (unpaired) electrons. The molecule has 0 aromatic heterocycles. The highest BCUT2D eigenvalue weighted by Gasteiger charge is 2.18. The van der Waals surface area contributed by atoms with E-state index in [2.05, 4.69) is 10.6 Å². The van der Waals surface area contributed by atoms with Crippen LogP contribution in [0.2, 0.25) is 0 Å². The van der Waals surface area contributed by atoms with Gasteiger partial charge in [-0.1, -0.05) is 0 Å². The summed E-state index contributed by atoms with van der Waals surface area (Å²) in [6, 6.07) is 2.54. The van der Waals surface area contributed by atoms with Gasteiger partial charge in [-0.05, 0) is 31.0 Å². The Hall–Kier alpha value is -2.15. The molecule has 0 bridgehead atoms. The van der Waals surface area contributed by atoms with Crippen LogP contribution < -0.4 is 10.6 Å². The Bertz CT molecular complexity index is 515. The minimum Gasteiger partial charge on any atom is -0.478 e. The first-order valence-electron chi connectivity index (χ1n) is 6.24. The molecular weight excluding hydrogens is 267 g/mol. The predicted molar refractivity (Wildman–Crippen MR) is 69.4 cm³/mol. The second-order valence-electron chi connectivity index (χ2n) is 4.51. The number of benzene rings is 1. The number of anilines is 1. The van der Waals surface area contributed by atoms with Gasteiger partial charge in [0.25, 0.3) is 0 Å². The van der Waals surface area contributed by atoms with E-state index in [4.69, 9.17) is 9.84 Å². The predicted octanol–water partition coefficient (Wildman–Crippen LogP) is 1.82. The fraction of sp³-hybridized carbons (Fsp3) is 0.385. The Morgan fingerprint density at radius 1 is 1.40 bits per heavy atom. The minimum absolute atomic E-state index is 0.0492. The lowest BCUT2D eigenvalue weighted by atomic mass is 10.1. The molecular formula is C13H15FN2O4. The number of amides is 2. The van der Waals surface area contributed by atoms with Crippen LogP contribution in [0.1, 0.15) is 23.2 Å². The zero-order valence-electron chi connectivity index (χ0n) is 10.7. The summed E-state index contributed by atoms with van der Waals surface area (Å²) in [6.45, 7) is 1.11. The monoisotopic (exact) mass is 282 g/mol. The molecule has 2 rings (SSSR count). The zero-order valence-corrected chi connectivity index (χ0v) is 10.7. The van der Waals surface area contributed by atoms with Gasteiger partial charge in [0.15, 0.2) is 0 Å². The van der Waals surface area contributed by atoms with Crippen molar-refractivity contribution in [2.24, 2.45) is 0 Å². The molecule has 1 saturated heterocycles. The van der Waals surface area contributed by atoms with Crippen LogP contribution in [0.3, 0.4) is 0 Å². The molecule has 0 spiro atoms. The zero-order chi connectivity index (χ0) is 14.5. The van der Waals surface area contributed by atoms with Gasteiger partial charge in [-0.2, -0.15) is 0 Å². The van der Waals surface area contributed by atoms with Crippen molar-refractivity contribution in [3.8, 4) is 0 Å². The van der Waals surface area contributed by atoms with Crippen molar-refractivity contribution in [2.75, 3.05) is 18.5 Å². The Labute approximate surface area is 114 Å². The number of halogens is 1. The van der Waals surface area contributed by atoms with Gasteiger partial charge in [-0.3, -0.25) is 0 Å². The maximum atomic E-state index is 13.0. The van der Waals surface area contributed by atoms with E-state index in [1.165, 1.54) is 6.07 Å². The second-order valence-corrected chi connectivity index (χ2v) is 4.51. The molecule has 1 heterocycles. The van der Waals surface area contributed by atoms with E-state index in [0.29, 0.717) is 13.2 Å². The standard InChI is InChI=1S/C13H15FN2O4/c14-8-3-4-11(10(6-8)12(17)18)16-13(19)15-9-2-1-5-20-7-9/h3-4,6,9H,1-2,5,7H2,(H,17,18)(H2,15,16,19). The summed E-state index contributed by atoms with van der Waals surface area (Å²) in [5.74, 6) is -1.98. The molecule has 1 fully saturated rings. The summed E-state index contributed by atoms with van der Waals surface area (Å²) in [6.07, 6.45) is 1.67. The molecule has 7 heteroatoms. The molecule has 6 nitrogen and oxygen atoms in total. The third-order valence-electron chi connectivity index (χ3n) is 2.96. The number of carbonyl (C=O) groups is 2. The number of ether oxygens (including phenoxy) is 1. The number of rotatable bonds is 3. The normalized spacial score (nSPS) is 18.4. The maximum Gasteiger partial charge on any atom is 0.337 e. The number of aromatic carboxylic acids is 1. The summed E-state index contributed by atoms with van der Waals surface area (Å²) in [4.78, 5) is 22.8. The largest absolute Gasteiger partial charge is 0.478 e. The van der Waals surface area contributed by atoms with Crippen molar-refractivity contribution >= 4 is 17.7 Å². The number of urea groups is 1. The number of carboxylic acid groups (broad SMARTS) is 1. The molecule has 1 aliphatic rings. The molecule has 1 aliphatic heterocycles. The van der Waals surface area contributed by atoms with Crippen molar-refractivity contribution in [3.63, 3.8) is 0 Å². The number of hydrogen-bond donors (Lipinski definition) is 3. The number of hydrogen-bond acceptors (Lipinski definition) is 3. The van der Waals surface area contributed by atoms with Crippen LogP contribution in [0.5, 0.6) is 0 Å². The van der Waals surface area contributed by atoms with Gasteiger partial charge in [0.1, 0.15) is 5.82 Å². The van der Waals surface area contributed by atoms with E-state index < -0.39 is 17.8 Å². The van der Waals surface area contributed by atoms with Gasteiger partial charge in [0.05, 0.1) is 23.9 Å². The summed E-state index contributed by atoms with van der Waals surface area (Å²) in [7, 11) is 0. The molecule has 0 saturated carbocycles. The SMILES string of the molecule is O=C(Nc1ccc(F)cc1C(=O)O)NC1CCCOC1. The summed E-state index contributed by atoms with van der Waals surface area (Å²) in [5.41, 5.74) is -0.242. The Kier molecular flexibility index (Phi) is 4.52. The third kappa shape index (κ3) is 3.67. The van der Waals surface area contributed by atoms with Crippen molar-refractivity contribution in [1.29, 1.82) is 0 Å². The van der Waals surface area contributed by atoms with Crippen LogP contribution in [-0.2, 0) is 4.74 Å². The molecule has 1 aromatic rings. The Morgan fingerprint density at radius 3 is 2.85 bits per heavy atom.